The number of ether oxygens (including phenoxy) is 1. The van der Waals surface area contributed by atoms with Gasteiger partial charge in [0.1, 0.15) is 6.10 Å². The Kier molecular flexibility index (Phi) is 5.86. The summed E-state index contributed by atoms with van der Waals surface area (Å²) in [6.07, 6.45) is 2.32. The number of halogens is 1. The topological polar surface area (TPSA) is 21.3 Å². The average Bonchev–Trinajstić information content (AvgIpc) is 2.28. The lowest BCUT2D eigenvalue weighted by Gasteiger charge is -2.15. The van der Waals surface area contributed by atoms with Crippen molar-refractivity contribution in [3.05, 3.63) is 30.1 Å². The van der Waals surface area contributed by atoms with Crippen LogP contribution in [-0.2, 0) is 0 Å². The third-order valence-corrected chi connectivity index (χ3v) is 2.30. The summed E-state index contributed by atoms with van der Waals surface area (Å²) in [5, 5.41) is 3.28. The minimum absolute atomic E-state index is 0.0197. The van der Waals surface area contributed by atoms with Gasteiger partial charge < -0.3 is 10.1 Å². The third kappa shape index (κ3) is 4.62. The van der Waals surface area contributed by atoms with Crippen molar-refractivity contribution in [1.82, 2.24) is 5.32 Å². The summed E-state index contributed by atoms with van der Waals surface area (Å²) in [5.41, 5.74) is 0. The molecule has 0 saturated heterocycles. The van der Waals surface area contributed by atoms with E-state index >= 15 is 0 Å². The first-order valence-corrected chi connectivity index (χ1v) is 5.86. The molecular formula is C13H20FNO. The summed E-state index contributed by atoms with van der Waals surface area (Å²) in [7, 11) is 0. The van der Waals surface area contributed by atoms with Crippen LogP contribution in [0.4, 0.5) is 4.39 Å². The van der Waals surface area contributed by atoms with E-state index in [0.29, 0.717) is 5.75 Å². The van der Waals surface area contributed by atoms with E-state index in [4.69, 9.17) is 4.74 Å². The van der Waals surface area contributed by atoms with Crippen molar-refractivity contribution in [1.29, 1.82) is 0 Å². The van der Waals surface area contributed by atoms with Crippen molar-refractivity contribution in [3.8, 4) is 5.75 Å². The Morgan fingerprint density at radius 3 is 2.81 bits per heavy atom. The molecule has 2 nitrogen and oxygen atoms in total. The fraction of sp³-hybridized carbons (Fsp3) is 0.538. The molecule has 0 saturated carbocycles. The summed E-state index contributed by atoms with van der Waals surface area (Å²) in [4.78, 5) is 0. The van der Waals surface area contributed by atoms with Crippen LogP contribution in [0.3, 0.4) is 0 Å². The lowest BCUT2D eigenvalue weighted by molar-refractivity contribution is 0.208. The minimum atomic E-state index is -0.303. The molecule has 90 valence electrons. The Hall–Kier alpha value is -1.09. The van der Waals surface area contributed by atoms with Gasteiger partial charge in [-0.25, -0.2) is 4.39 Å². The van der Waals surface area contributed by atoms with E-state index in [9.17, 15) is 4.39 Å². The summed E-state index contributed by atoms with van der Waals surface area (Å²) in [5.74, 6) is 0.0233. The van der Waals surface area contributed by atoms with Gasteiger partial charge in [-0.3, -0.25) is 0 Å². The van der Waals surface area contributed by atoms with Gasteiger partial charge in [-0.2, -0.15) is 0 Å². The van der Waals surface area contributed by atoms with Gasteiger partial charge in [-0.05, 0) is 32.0 Å². The molecule has 3 heteroatoms. The van der Waals surface area contributed by atoms with Crippen molar-refractivity contribution in [2.24, 2.45) is 0 Å². The lowest BCUT2D eigenvalue weighted by Crippen LogP contribution is -2.29. The Labute approximate surface area is 96.8 Å². The maximum Gasteiger partial charge on any atom is 0.165 e. The highest BCUT2D eigenvalue weighted by molar-refractivity contribution is 5.23. The maximum absolute atomic E-state index is 13.2. The van der Waals surface area contributed by atoms with Crippen LogP contribution in [0, 0.1) is 5.82 Å². The predicted molar refractivity (Wildman–Crippen MR) is 64.3 cm³/mol. The van der Waals surface area contributed by atoms with Gasteiger partial charge in [-0.15, -0.1) is 0 Å². The van der Waals surface area contributed by atoms with Crippen LogP contribution in [0.25, 0.3) is 0 Å². The molecule has 0 fully saturated rings. The van der Waals surface area contributed by atoms with Crippen molar-refractivity contribution in [2.75, 3.05) is 13.1 Å². The van der Waals surface area contributed by atoms with Gasteiger partial charge in [0.05, 0.1) is 0 Å². The van der Waals surface area contributed by atoms with Crippen molar-refractivity contribution in [2.45, 2.75) is 32.8 Å². The van der Waals surface area contributed by atoms with E-state index in [1.165, 1.54) is 12.5 Å². The molecule has 1 aromatic carbocycles. The highest BCUT2D eigenvalue weighted by Gasteiger charge is 2.06. The average molecular weight is 225 g/mol. The van der Waals surface area contributed by atoms with E-state index in [2.05, 4.69) is 12.2 Å². The number of nitrogens with one attached hydrogen (secondary N) is 1. The highest BCUT2D eigenvalue weighted by Crippen LogP contribution is 2.16. The molecule has 0 heterocycles. The SMILES string of the molecule is CCCCNCC(C)Oc1ccccc1F. The zero-order valence-electron chi connectivity index (χ0n) is 10.0. The van der Waals surface area contributed by atoms with Gasteiger partial charge in [0.25, 0.3) is 0 Å². The Bertz CT molecular complexity index is 304. The van der Waals surface area contributed by atoms with E-state index in [0.717, 1.165) is 19.5 Å². The fourth-order valence-electron chi connectivity index (χ4n) is 1.41. The molecular weight excluding hydrogens is 205 g/mol. The molecule has 1 unspecified atom stereocenters. The number of hydrogen-bond donors (Lipinski definition) is 1. The summed E-state index contributed by atoms with van der Waals surface area (Å²) >= 11 is 0. The zero-order valence-corrected chi connectivity index (χ0v) is 10.0. The molecule has 0 radical (unpaired) electrons. The standard InChI is InChI=1S/C13H20FNO/c1-3-4-9-15-10-11(2)16-13-8-6-5-7-12(13)14/h5-8,11,15H,3-4,9-10H2,1-2H3. The zero-order chi connectivity index (χ0) is 11.8. The predicted octanol–water partition coefficient (Wildman–Crippen LogP) is 2.98. The normalized spacial score (nSPS) is 12.4. The number of benzene rings is 1. The quantitative estimate of drug-likeness (QED) is 0.720. The van der Waals surface area contributed by atoms with E-state index in [1.54, 1.807) is 18.2 Å². The second-order valence-electron chi connectivity index (χ2n) is 3.92. The molecule has 0 aliphatic carbocycles. The van der Waals surface area contributed by atoms with Gasteiger partial charge >= 0.3 is 0 Å². The Morgan fingerprint density at radius 1 is 1.38 bits per heavy atom. The van der Waals surface area contributed by atoms with Crippen LogP contribution in [0.1, 0.15) is 26.7 Å². The van der Waals surface area contributed by atoms with Crippen LogP contribution in [0.5, 0.6) is 5.75 Å². The second kappa shape index (κ2) is 7.23. The molecule has 0 aliphatic rings. The van der Waals surface area contributed by atoms with Gasteiger partial charge in [-0.1, -0.05) is 25.5 Å². The summed E-state index contributed by atoms with van der Waals surface area (Å²) in [6.45, 7) is 5.82. The number of para-hydroxylation sites is 1. The third-order valence-electron chi connectivity index (χ3n) is 2.30. The summed E-state index contributed by atoms with van der Waals surface area (Å²) < 4.78 is 18.7. The van der Waals surface area contributed by atoms with Gasteiger partial charge in [0.15, 0.2) is 11.6 Å². The number of hydrogen-bond acceptors (Lipinski definition) is 2. The maximum atomic E-state index is 13.2. The summed E-state index contributed by atoms with van der Waals surface area (Å²) in [6, 6.07) is 6.49. The van der Waals surface area contributed by atoms with E-state index in [-0.39, 0.29) is 11.9 Å². The van der Waals surface area contributed by atoms with Crippen LogP contribution in [-0.4, -0.2) is 19.2 Å². The molecule has 0 aliphatic heterocycles. The molecule has 0 amide bonds. The fourth-order valence-corrected chi connectivity index (χ4v) is 1.41. The van der Waals surface area contributed by atoms with Crippen molar-refractivity contribution >= 4 is 0 Å². The smallest absolute Gasteiger partial charge is 0.165 e. The van der Waals surface area contributed by atoms with Crippen LogP contribution >= 0.6 is 0 Å². The molecule has 1 rings (SSSR count). The van der Waals surface area contributed by atoms with Crippen molar-refractivity contribution < 1.29 is 9.13 Å². The first-order chi connectivity index (χ1) is 7.74. The van der Waals surface area contributed by atoms with Crippen LogP contribution in [0.15, 0.2) is 24.3 Å². The molecule has 0 spiro atoms. The first kappa shape index (κ1) is 13.0. The van der Waals surface area contributed by atoms with E-state index in [1.807, 2.05) is 6.92 Å². The van der Waals surface area contributed by atoms with Gasteiger partial charge in [0.2, 0.25) is 0 Å². The lowest BCUT2D eigenvalue weighted by atomic mass is 10.3. The van der Waals surface area contributed by atoms with Crippen LogP contribution in [0.2, 0.25) is 0 Å². The molecule has 0 bridgehead atoms. The largest absolute Gasteiger partial charge is 0.486 e. The molecule has 0 aromatic heterocycles. The minimum Gasteiger partial charge on any atom is -0.486 e. The Morgan fingerprint density at radius 2 is 2.12 bits per heavy atom. The number of rotatable bonds is 7. The number of unbranched alkanes of at least 4 members (excludes halogenated alkanes) is 1. The molecule has 1 atom stereocenters. The van der Waals surface area contributed by atoms with E-state index < -0.39 is 0 Å². The first-order valence-electron chi connectivity index (χ1n) is 5.86. The Balaban J connectivity index is 2.28. The highest BCUT2D eigenvalue weighted by atomic mass is 19.1. The van der Waals surface area contributed by atoms with Crippen LogP contribution < -0.4 is 10.1 Å². The van der Waals surface area contributed by atoms with Gasteiger partial charge in [0, 0.05) is 6.54 Å². The monoisotopic (exact) mass is 225 g/mol. The molecule has 16 heavy (non-hydrogen) atoms. The molecule has 1 N–H and O–H groups in total. The van der Waals surface area contributed by atoms with Crippen molar-refractivity contribution in [3.63, 3.8) is 0 Å². The second-order valence-corrected chi connectivity index (χ2v) is 3.92. The molecule has 1 aromatic rings.